The Bertz CT molecular complexity index is 3240. The first kappa shape index (κ1) is 59.8. The van der Waals surface area contributed by atoms with Gasteiger partial charge in [0.2, 0.25) is 23.7 Å². The first-order valence-corrected chi connectivity index (χ1v) is 31.3. The number of methoxy groups -OCH3 is 2. The Balaban J connectivity index is 0.000000229. The van der Waals surface area contributed by atoms with Crippen LogP contribution in [0.15, 0.2) is 122 Å². The fraction of sp³-hybridized carbons (Fsp3) is 0.309. The number of hydrogen-bond acceptors (Lipinski definition) is 18. The molecule has 418 valence electrons. The summed E-state index contributed by atoms with van der Waals surface area (Å²) in [7, 11) is 0.132. The van der Waals surface area contributed by atoms with E-state index in [1.165, 1.54) is 18.5 Å². The molecule has 4 heterocycles. The molecule has 0 spiro atoms. The molecule has 0 saturated carbocycles. The highest BCUT2D eigenvalue weighted by atomic mass is 35.5. The molecule has 2 aromatic heterocycles. The number of para-hydroxylation sites is 2. The fourth-order valence-corrected chi connectivity index (χ4v) is 10.8. The maximum absolute atomic E-state index is 12.8. The molecule has 4 aromatic carbocycles. The van der Waals surface area contributed by atoms with Gasteiger partial charge in [-0.25, -0.2) is 9.97 Å². The van der Waals surface area contributed by atoms with Gasteiger partial charge in [-0.1, -0.05) is 59.6 Å². The fourth-order valence-electron chi connectivity index (χ4n) is 8.19. The summed E-state index contributed by atoms with van der Waals surface area (Å²) in [5, 5.41) is 20.4. The summed E-state index contributed by atoms with van der Waals surface area (Å²) in [6, 6.07) is 25.1. The number of nitrogens with zero attached hydrogens (tertiary/aromatic N) is 7. The molecule has 0 unspecified atom stereocenters. The van der Waals surface area contributed by atoms with Crippen LogP contribution >= 0.6 is 37.5 Å². The number of nitrogens with one attached hydrogen (secondary N) is 6. The van der Waals surface area contributed by atoms with Crippen molar-refractivity contribution in [2.45, 2.75) is 0 Å². The van der Waals surface area contributed by atoms with Gasteiger partial charge in [0.1, 0.15) is 35.8 Å². The molecule has 0 radical (unpaired) electrons. The van der Waals surface area contributed by atoms with Crippen LogP contribution < -0.4 is 52.0 Å². The number of amides is 2. The summed E-state index contributed by atoms with van der Waals surface area (Å²) in [5.41, 5.74) is 3.57. The van der Waals surface area contributed by atoms with Crippen molar-refractivity contribution in [3.63, 3.8) is 0 Å². The number of anilines is 10. The number of carbonyl (C=O) groups is 2. The van der Waals surface area contributed by atoms with Crippen LogP contribution in [0.25, 0.3) is 0 Å². The molecular formula is C55H67Cl2N13O7P2. The van der Waals surface area contributed by atoms with Gasteiger partial charge in [0.15, 0.2) is 11.6 Å². The average molecular weight is 1160 g/mol. The number of ether oxygens (including phenoxy) is 3. The zero-order valence-corrected chi connectivity index (χ0v) is 48.6. The minimum Gasteiger partial charge on any atom is -0.495 e. The van der Waals surface area contributed by atoms with Crippen LogP contribution in [0.1, 0.15) is 0 Å². The van der Waals surface area contributed by atoms with E-state index in [0.29, 0.717) is 97.7 Å². The third-order valence-corrected chi connectivity index (χ3v) is 16.0. The van der Waals surface area contributed by atoms with Crippen molar-refractivity contribution < 1.29 is 32.9 Å². The van der Waals surface area contributed by atoms with Gasteiger partial charge in [0.05, 0.1) is 62.6 Å². The van der Waals surface area contributed by atoms with Crippen molar-refractivity contribution in [2.24, 2.45) is 0 Å². The van der Waals surface area contributed by atoms with Crippen LogP contribution in [-0.4, -0.2) is 160 Å². The molecule has 6 aromatic rings. The first-order chi connectivity index (χ1) is 37.8. The number of piperazine rings is 1. The summed E-state index contributed by atoms with van der Waals surface area (Å²) >= 11 is 12.8. The third-order valence-electron chi connectivity index (χ3n) is 12.4. The Morgan fingerprint density at radius 2 is 1.01 bits per heavy atom. The standard InChI is InChI=1S/C28H35ClN7O3P.C27H32ClN6O4P/c1-35-14-16-36(17-15-35)13-7-10-26(37)31-20-11-12-24(39-2)23(18-20)33-28-30-19-21(29)27(34-28)32-22-8-5-6-9-25(22)40(3,4)38;1-37-23-11-10-19(30-25(35)9-6-12-34-13-15-38-16-14-34)17-22(23)32-27-29-18-20(28)26(33-27)31-21-7-4-5-8-24(21)39(2,3)36/h5-12,18-19H,13-17H2,1-4H3,(H,31,37)(H2,30,32,33,34);4-11,17-18H,12-16H2,1-3H3,(H,30,35)(H2,29,31,32,33)/b10-7+;9-6+. The van der Waals surface area contributed by atoms with E-state index >= 15 is 0 Å². The maximum atomic E-state index is 12.8. The van der Waals surface area contributed by atoms with Gasteiger partial charge in [-0.2, -0.15) is 9.97 Å². The highest BCUT2D eigenvalue weighted by Gasteiger charge is 2.20. The minimum absolute atomic E-state index is 0.220. The van der Waals surface area contributed by atoms with Crippen molar-refractivity contribution in [1.82, 2.24) is 34.6 Å². The van der Waals surface area contributed by atoms with E-state index in [1.807, 2.05) is 60.7 Å². The minimum atomic E-state index is -2.55. The number of morpholine rings is 1. The number of benzene rings is 4. The summed E-state index contributed by atoms with van der Waals surface area (Å²) < 4.78 is 41.8. The molecule has 2 aliphatic rings. The Morgan fingerprint density at radius 3 is 1.43 bits per heavy atom. The number of carbonyl (C=O) groups excluding carboxylic acids is 2. The lowest BCUT2D eigenvalue weighted by molar-refractivity contribution is -0.112. The van der Waals surface area contributed by atoms with Gasteiger partial charge in [-0.05, 0) is 94.4 Å². The lowest BCUT2D eigenvalue weighted by Gasteiger charge is -2.31. The van der Waals surface area contributed by atoms with E-state index in [1.54, 1.807) is 83.4 Å². The van der Waals surface area contributed by atoms with Crippen molar-refractivity contribution in [3.05, 3.63) is 132 Å². The summed E-state index contributed by atoms with van der Waals surface area (Å²) in [4.78, 5) is 49.5. The SMILES string of the molecule is COc1ccc(NC(=O)/C=C/CN2CCN(C)CC2)cc1Nc1ncc(Cl)c(Nc2ccccc2P(C)(C)=O)n1.COc1ccc(NC(=O)/C=C/CN2CCOCC2)cc1Nc1ncc(Cl)c(Nc2ccccc2P(C)(C)=O)n1. The largest absolute Gasteiger partial charge is 0.495 e. The van der Waals surface area contributed by atoms with E-state index in [4.69, 9.17) is 37.4 Å². The van der Waals surface area contributed by atoms with Crippen molar-refractivity contribution in [1.29, 1.82) is 0 Å². The summed E-state index contributed by atoms with van der Waals surface area (Å²) in [6.07, 6.45) is 9.75. The lowest BCUT2D eigenvalue weighted by Crippen LogP contribution is -2.44. The number of rotatable bonds is 20. The molecule has 24 heteroatoms. The zero-order valence-electron chi connectivity index (χ0n) is 45.3. The van der Waals surface area contributed by atoms with Gasteiger partial charge < -0.3 is 60.1 Å². The Morgan fingerprint density at radius 1 is 0.595 bits per heavy atom. The second kappa shape index (κ2) is 28.3. The molecule has 0 aliphatic carbocycles. The smallest absolute Gasteiger partial charge is 0.248 e. The van der Waals surface area contributed by atoms with Gasteiger partial charge >= 0.3 is 0 Å². The van der Waals surface area contributed by atoms with Crippen LogP contribution in [0.3, 0.4) is 0 Å². The zero-order chi connectivity index (χ0) is 56.5. The number of aromatic nitrogens is 4. The molecule has 2 fully saturated rings. The van der Waals surface area contributed by atoms with Crippen molar-refractivity contribution in [2.75, 3.05) is 145 Å². The predicted molar refractivity (Wildman–Crippen MR) is 321 cm³/mol. The predicted octanol–water partition coefficient (Wildman–Crippen LogP) is 9.32. The third kappa shape index (κ3) is 18.1. The van der Waals surface area contributed by atoms with Crippen LogP contribution in [0.2, 0.25) is 10.0 Å². The first-order valence-electron chi connectivity index (χ1n) is 25.3. The Hall–Kier alpha value is -6.86. The van der Waals surface area contributed by atoms with Crippen molar-refractivity contribution >= 4 is 118 Å². The van der Waals surface area contributed by atoms with Crippen LogP contribution in [-0.2, 0) is 23.5 Å². The molecule has 2 amide bonds. The normalized spacial score (nSPS) is 14.5. The molecule has 6 N–H and O–H groups in total. The molecule has 8 rings (SSSR count). The van der Waals surface area contributed by atoms with Crippen LogP contribution in [0, 0.1) is 0 Å². The number of hydrogen-bond donors (Lipinski definition) is 6. The van der Waals surface area contributed by atoms with E-state index in [0.717, 1.165) is 45.8 Å². The van der Waals surface area contributed by atoms with Gasteiger partial charge in [0.25, 0.3) is 0 Å². The molecule has 20 nitrogen and oxygen atoms in total. The van der Waals surface area contributed by atoms with Crippen molar-refractivity contribution in [3.8, 4) is 11.5 Å². The van der Waals surface area contributed by atoms with Gasteiger partial charge in [-0.15, -0.1) is 0 Å². The van der Waals surface area contributed by atoms with E-state index in [-0.39, 0.29) is 23.7 Å². The second-order valence-electron chi connectivity index (χ2n) is 19.1. The average Bonchev–Trinajstić information content (AvgIpc) is 3.42. The molecule has 79 heavy (non-hydrogen) atoms. The second-order valence-corrected chi connectivity index (χ2v) is 26.3. The van der Waals surface area contributed by atoms with Crippen LogP contribution in [0.4, 0.5) is 57.7 Å². The Labute approximate surface area is 471 Å². The number of halogens is 2. The van der Waals surface area contributed by atoms with E-state index in [9.17, 15) is 18.7 Å². The Kier molecular flexibility index (Phi) is 21.4. The molecule has 2 saturated heterocycles. The molecule has 2 aliphatic heterocycles. The number of likely N-dealkylation sites (N-methyl/N-ethyl adjacent to an activating group) is 1. The highest BCUT2D eigenvalue weighted by Crippen LogP contribution is 2.40. The quantitative estimate of drug-likeness (QED) is 0.0309. The lowest BCUT2D eigenvalue weighted by atomic mass is 10.2. The summed E-state index contributed by atoms with van der Waals surface area (Å²) in [5.74, 6) is 1.83. The molecule has 0 bridgehead atoms. The highest BCUT2D eigenvalue weighted by molar-refractivity contribution is 7.70. The monoisotopic (exact) mass is 1150 g/mol. The van der Waals surface area contributed by atoms with Gasteiger partial charge in [-0.3, -0.25) is 19.4 Å². The van der Waals surface area contributed by atoms with Crippen LogP contribution in [0.5, 0.6) is 11.5 Å². The molecular weight excluding hydrogens is 1090 g/mol. The topological polar surface area (TPSA) is 229 Å². The van der Waals surface area contributed by atoms with E-state index in [2.05, 4.69) is 73.6 Å². The van der Waals surface area contributed by atoms with Gasteiger partial charge in [0, 0.05) is 86.5 Å². The maximum Gasteiger partial charge on any atom is 0.248 e. The van der Waals surface area contributed by atoms with E-state index < -0.39 is 14.3 Å². The summed E-state index contributed by atoms with van der Waals surface area (Å²) in [6.45, 7) is 15.4. The molecule has 0 atom stereocenters.